The average Bonchev–Trinajstić information content (AvgIpc) is 2.83. The van der Waals surface area contributed by atoms with E-state index in [0.29, 0.717) is 12.6 Å². The Morgan fingerprint density at radius 3 is 1.76 bits per heavy atom. The van der Waals surface area contributed by atoms with E-state index in [-0.39, 0.29) is 44.7 Å². The second-order valence-electron chi connectivity index (χ2n) is 6.86. The molecule has 3 N–H and O–H groups in total. The number of carboxylic acids is 3. The molecule has 0 unspecified atom stereocenters. The predicted molar refractivity (Wildman–Crippen MR) is 115 cm³/mol. The predicted octanol–water partition coefficient (Wildman–Crippen LogP) is 3.29. The third kappa shape index (κ3) is 4.70. The second kappa shape index (κ2) is 9.57. The summed E-state index contributed by atoms with van der Waals surface area (Å²) in [5.41, 5.74) is -1.48. The summed E-state index contributed by atoms with van der Waals surface area (Å²) in [6.07, 6.45) is 0.840. The zero-order valence-corrected chi connectivity index (χ0v) is 17.1. The summed E-state index contributed by atoms with van der Waals surface area (Å²) >= 11 is 0. The highest BCUT2D eigenvalue weighted by atomic mass is 16.5. The fraction of sp³-hybridized carbons (Fsp3) is 0. The van der Waals surface area contributed by atoms with Crippen molar-refractivity contribution in [2.45, 2.75) is 0 Å². The lowest BCUT2D eigenvalue weighted by atomic mass is 9.92. The number of ether oxygens (including phenoxy) is 1. The molecule has 34 heavy (non-hydrogen) atoms. The number of benzene rings is 3. The highest BCUT2D eigenvalue weighted by Gasteiger charge is 2.23. The molecule has 3 aromatic carbocycles. The first-order chi connectivity index (χ1) is 16.2. The van der Waals surface area contributed by atoms with E-state index >= 15 is 0 Å². The van der Waals surface area contributed by atoms with Crippen molar-refractivity contribution in [2.24, 2.45) is 0 Å². The Labute approximate surface area is 190 Å². The van der Waals surface area contributed by atoms with Crippen LogP contribution in [0.15, 0.2) is 54.6 Å². The number of hydrogen-bond donors (Lipinski definition) is 3. The molecule has 0 fully saturated rings. The lowest BCUT2D eigenvalue weighted by Crippen LogP contribution is -2.14. The first-order valence-electron chi connectivity index (χ1n) is 9.41. The topological polar surface area (TPSA) is 172 Å². The summed E-state index contributed by atoms with van der Waals surface area (Å²) in [5, 5.41) is 28.3. The first-order valence-corrected chi connectivity index (χ1v) is 9.41. The van der Waals surface area contributed by atoms with Crippen LogP contribution in [-0.2, 0) is 0 Å². The number of esters is 1. The van der Waals surface area contributed by atoms with Gasteiger partial charge in [-0.1, -0.05) is 12.1 Å². The van der Waals surface area contributed by atoms with E-state index in [1.807, 2.05) is 0 Å². The summed E-state index contributed by atoms with van der Waals surface area (Å²) in [7, 11) is 0. The molecule has 3 rings (SSSR count). The number of aromatic carboxylic acids is 3. The third-order valence-electron chi connectivity index (χ3n) is 4.76. The Morgan fingerprint density at radius 1 is 0.618 bits per heavy atom. The zero-order chi connectivity index (χ0) is 25.0. The van der Waals surface area contributed by atoms with Gasteiger partial charge in [0.2, 0.25) is 0 Å². The molecule has 0 saturated carbocycles. The van der Waals surface area contributed by atoms with Crippen LogP contribution >= 0.6 is 0 Å². The molecule has 0 radical (unpaired) electrons. The minimum atomic E-state index is -1.47. The molecule has 0 spiro atoms. The van der Waals surface area contributed by atoms with Crippen molar-refractivity contribution in [1.82, 2.24) is 0 Å². The normalized spacial score (nSPS) is 10.2. The fourth-order valence-corrected chi connectivity index (χ4v) is 3.16. The summed E-state index contributed by atoms with van der Waals surface area (Å²) in [6.45, 7) is 0. The molecule has 3 aromatic rings. The van der Waals surface area contributed by atoms with Crippen molar-refractivity contribution in [1.29, 1.82) is 0 Å². The molecule has 0 amide bonds. The van der Waals surface area contributed by atoms with Gasteiger partial charge in [0.1, 0.15) is 23.9 Å². The first kappa shape index (κ1) is 23.5. The van der Waals surface area contributed by atoms with Gasteiger partial charge in [0.05, 0.1) is 16.7 Å². The van der Waals surface area contributed by atoms with Crippen LogP contribution < -0.4 is 4.74 Å². The lowest BCUT2D eigenvalue weighted by Gasteiger charge is -2.14. The maximum atomic E-state index is 13.0. The van der Waals surface area contributed by atoms with Gasteiger partial charge in [-0.05, 0) is 53.6 Å². The molecule has 0 aliphatic heterocycles. The van der Waals surface area contributed by atoms with Gasteiger partial charge in [0, 0.05) is 11.1 Å². The molecule has 0 aliphatic rings. The molecule has 10 heteroatoms. The van der Waals surface area contributed by atoms with Crippen LogP contribution in [0.25, 0.3) is 11.1 Å². The van der Waals surface area contributed by atoms with Crippen LogP contribution in [0.4, 0.5) is 0 Å². The molecule has 0 heterocycles. The minimum absolute atomic E-state index is 0.0325. The Kier molecular flexibility index (Phi) is 6.63. The van der Waals surface area contributed by atoms with Crippen molar-refractivity contribution in [2.75, 3.05) is 0 Å². The van der Waals surface area contributed by atoms with E-state index in [2.05, 4.69) is 0 Å². The van der Waals surface area contributed by atoms with Gasteiger partial charge in [-0.15, -0.1) is 0 Å². The number of hydrogen-bond acceptors (Lipinski definition) is 7. The van der Waals surface area contributed by atoms with Crippen LogP contribution in [0.2, 0.25) is 0 Å². The van der Waals surface area contributed by atoms with Gasteiger partial charge in [0.25, 0.3) is 0 Å². The smallest absolute Gasteiger partial charge is 0.344 e. The number of carbonyl (C=O) groups is 6. The van der Waals surface area contributed by atoms with Crippen molar-refractivity contribution in [3.8, 4) is 16.9 Å². The molecular weight excluding hydrogens is 448 g/mol. The molecule has 0 aliphatic carbocycles. The standard InChI is InChI=1S/C24H14O10/c25-10-12-1-4-15(18(7-12)22(29)30)17-9-14(21(27)28)3-5-16(17)24(33)34-20-6-2-13(11-26)8-19(20)23(31)32/h1-11H,(H,27,28)(H,29,30)(H,31,32). The van der Waals surface area contributed by atoms with Crippen LogP contribution in [0.3, 0.4) is 0 Å². The number of rotatable bonds is 8. The fourth-order valence-electron chi connectivity index (χ4n) is 3.16. The minimum Gasteiger partial charge on any atom is -0.478 e. The molecule has 0 aromatic heterocycles. The van der Waals surface area contributed by atoms with E-state index < -0.39 is 29.4 Å². The number of carboxylic acid groups (broad SMARTS) is 3. The van der Waals surface area contributed by atoms with E-state index in [9.17, 15) is 44.1 Å². The van der Waals surface area contributed by atoms with E-state index in [4.69, 9.17) is 4.74 Å². The van der Waals surface area contributed by atoms with Gasteiger partial charge in [-0.2, -0.15) is 0 Å². The highest BCUT2D eigenvalue weighted by molar-refractivity contribution is 6.06. The zero-order valence-electron chi connectivity index (χ0n) is 17.1. The SMILES string of the molecule is O=Cc1ccc(OC(=O)c2ccc(C(=O)O)cc2-c2ccc(C=O)cc2C(=O)O)c(C(=O)O)c1. The third-order valence-corrected chi connectivity index (χ3v) is 4.76. The Morgan fingerprint density at radius 2 is 1.21 bits per heavy atom. The average molecular weight is 462 g/mol. The van der Waals surface area contributed by atoms with Crippen molar-refractivity contribution >= 4 is 36.4 Å². The van der Waals surface area contributed by atoms with Crippen LogP contribution in [0.1, 0.15) is 62.1 Å². The summed E-state index contributed by atoms with van der Waals surface area (Å²) in [6, 6.07) is 10.2. The molecule has 170 valence electrons. The number of carbonyl (C=O) groups excluding carboxylic acids is 3. The molecule has 0 saturated heterocycles. The second-order valence-corrected chi connectivity index (χ2v) is 6.86. The van der Waals surface area contributed by atoms with Crippen molar-refractivity contribution < 1.29 is 48.8 Å². The van der Waals surface area contributed by atoms with Crippen LogP contribution in [-0.4, -0.2) is 51.8 Å². The van der Waals surface area contributed by atoms with E-state index in [0.717, 1.165) is 36.4 Å². The largest absolute Gasteiger partial charge is 0.478 e. The highest BCUT2D eigenvalue weighted by Crippen LogP contribution is 2.31. The lowest BCUT2D eigenvalue weighted by molar-refractivity contribution is 0.0668. The van der Waals surface area contributed by atoms with Crippen molar-refractivity contribution in [3.63, 3.8) is 0 Å². The Hall–Kier alpha value is -5.12. The van der Waals surface area contributed by atoms with Crippen molar-refractivity contribution in [3.05, 3.63) is 88.0 Å². The Bertz CT molecular complexity index is 1370. The van der Waals surface area contributed by atoms with Crippen LogP contribution in [0, 0.1) is 0 Å². The molecular formula is C24H14O10. The summed E-state index contributed by atoms with van der Waals surface area (Å²) in [4.78, 5) is 69.8. The Balaban J connectivity index is 2.18. The quantitative estimate of drug-likeness (QED) is 0.256. The van der Waals surface area contributed by atoms with Gasteiger partial charge in [0.15, 0.2) is 0 Å². The molecule has 0 bridgehead atoms. The van der Waals surface area contributed by atoms with E-state index in [1.54, 1.807) is 0 Å². The maximum absolute atomic E-state index is 13.0. The number of aldehydes is 2. The van der Waals surface area contributed by atoms with Crippen LogP contribution in [0.5, 0.6) is 5.75 Å². The van der Waals surface area contributed by atoms with Gasteiger partial charge < -0.3 is 20.1 Å². The van der Waals surface area contributed by atoms with Gasteiger partial charge >= 0.3 is 23.9 Å². The molecule has 10 nitrogen and oxygen atoms in total. The van der Waals surface area contributed by atoms with Gasteiger partial charge in [-0.25, -0.2) is 19.2 Å². The monoisotopic (exact) mass is 462 g/mol. The summed E-state index contributed by atoms with van der Waals surface area (Å²) in [5.74, 6) is -5.74. The maximum Gasteiger partial charge on any atom is 0.344 e. The molecule has 0 atom stereocenters. The summed E-state index contributed by atoms with van der Waals surface area (Å²) < 4.78 is 5.21. The van der Waals surface area contributed by atoms with E-state index in [1.165, 1.54) is 18.2 Å². The van der Waals surface area contributed by atoms with Gasteiger partial charge in [-0.3, -0.25) is 9.59 Å².